The third kappa shape index (κ3) is 3.45. The van der Waals surface area contributed by atoms with Gasteiger partial charge in [-0.2, -0.15) is 0 Å². The van der Waals surface area contributed by atoms with Crippen LogP contribution in [0.5, 0.6) is 0 Å². The number of benzene rings is 2. The van der Waals surface area contributed by atoms with Crippen molar-refractivity contribution in [2.45, 2.75) is 64.7 Å². The lowest BCUT2D eigenvalue weighted by atomic mass is 9.91. The summed E-state index contributed by atoms with van der Waals surface area (Å²) >= 11 is 0. The largest absolute Gasteiger partial charge is 0.478 e. The predicted molar refractivity (Wildman–Crippen MR) is 119 cm³/mol. The lowest BCUT2D eigenvalue weighted by Crippen LogP contribution is -2.17. The van der Waals surface area contributed by atoms with Crippen molar-refractivity contribution in [3.8, 4) is 0 Å². The van der Waals surface area contributed by atoms with E-state index in [0.717, 1.165) is 18.6 Å². The first-order valence-electron chi connectivity index (χ1n) is 10.8. The van der Waals surface area contributed by atoms with Gasteiger partial charge in [0.05, 0.1) is 10.9 Å². The van der Waals surface area contributed by atoms with Crippen LogP contribution >= 0.6 is 0 Å². The molecule has 2 unspecified atom stereocenters. The van der Waals surface area contributed by atoms with Crippen molar-refractivity contribution in [2.24, 2.45) is 0 Å². The van der Waals surface area contributed by atoms with Crippen LogP contribution < -0.4 is 5.43 Å². The summed E-state index contributed by atoms with van der Waals surface area (Å²) in [5.41, 5.74) is 4.42. The van der Waals surface area contributed by atoms with Gasteiger partial charge >= 0.3 is 5.97 Å². The van der Waals surface area contributed by atoms with Crippen molar-refractivity contribution < 1.29 is 14.3 Å². The van der Waals surface area contributed by atoms with Crippen molar-refractivity contribution in [3.05, 3.63) is 80.2 Å². The fourth-order valence-electron chi connectivity index (χ4n) is 4.60. The van der Waals surface area contributed by atoms with Crippen LogP contribution in [0.4, 0.5) is 0 Å². The van der Waals surface area contributed by atoms with Gasteiger partial charge in [0.25, 0.3) is 0 Å². The molecule has 30 heavy (non-hydrogen) atoms. The van der Waals surface area contributed by atoms with Gasteiger partial charge in [0, 0.05) is 11.5 Å². The van der Waals surface area contributed by atoms with Crippen LogP contribution in [-0.4, -0.2) is 11.1 Å². The third-order valence-electron chi connectivity index (χ3n) is 6.17. The summed E-state index contributed by atoms with van der Waals surface area (Å²) in [5.74, 6) is 0.252. The maximum Gasteiger partial charge on any atom is 0.336 e. The van der Waals surface area contributed by atoms with Crippen molar-refractivity contribution >= 4 is 16.9 Å². The maximum atomic E-state index is 13.6. The van der Waals surface area contributed by atoms with Crippen LogP contribution in [0, 0.1) is 6.92 Å². The van der Waals surface area contributed by atoms with Crippen LogP contribution in [0.3, 0.4) is 0 Å². The molecule has 3 aromatic rings. The Labute approximate surface area is 176 Å². The van der Waals surface area contributed by atoms with Crippen LogP contribution in [0.2, 0.25) is 0 Å². The molecule has 0 radical (unpaired) electrons. The van der Waals surface area contributed by atoms with E-state index in [-0.39, 0.29) is 22.8 Å². The molecule has 2 aromatic carbocycles. The molecular weight excluding hydrogens is 376 g/mol. The zero-order valence-corrected chi connectivity index (χ0v) is 18.0. The number of rotatable bonds is 6. The molecule has 0 aliphatic heterocycles. The third-order valence-corrected chi connectivity index (χ3v) is 6.17. The number of carboxylic acids is 1. The molecule has 2 atom stereocenters. The molecule has 1 aliphatic carbocycles. The van der Waals surface area contributed by atoms with Gasteiger partial charge in [-0.3, -0.25) is 4.79 Å². The Bertz CT molecular complexity index is 1170. The average molecular weight is 405 g/mol. The minimum Gasteiger partial charge on any atom is -0.478 e. The SMILES string of the molecule is CCCc1c(C2CC2c2ccc(C)cc2)oc2ccc(C(=O)O)c(C(C)C)c2c1=O. The lowest BCUT2D eigenvalue weighted by Gasteiger charge is -2.16. The Morgan fingerprint density at radius 2 is 1.83 bits per heavy atom. The van der Waals surface area contributed by atoms with Crippen LogP contribution in [-0.2, 0) is 6.42 Å². The number of fused-ring (bicyclic) bond motifs is 1. The minimum absolute atomic E-state index is 0.0607. The van der Waals surface area contributed by atoms with E-state index in [1.165, 1.54) is 11.1 Å². The summed E-state index contributed by atoms with van der Waals surface area (Å²) in [6, 6.07) is 11.8. The maximum absolute atomic E-state index is 13.6. The van der Waals surface area contributed by atoms with Crippen LogP contribution in [0.25, 0.3) is 11.0 Å². The molecule has 4 heteroatoms. The first-order chi connectivity index (χ1) is 14.3. The van der Waals surface area contributed by atoms with E-state index < -0.39 is 5.97 Å². The van der Waals surface area contributed by atoms with Gasteiger partial charge in [0.1, 0.15) is 11.3 Å². The minimum atomic E-state index is -1.01. The van der Waals surface area contributed by atoms with Gasteiger partial charge in [0.2, 0.25) is 0 Å². The number of hydrogen-bond donors (Lipinski definition) is 1. The predicted octanol–water partition coefficient (Wildman–Crippen LogP) is 6.15. The summed E-state index contributed by atoms with van der Waals surface area (Å²) in [6.45, 7) is 7.97. The second kappa shape index (κ2) is 7.75. The normalized spacial score (nSPS) is 18.2. The average Bonchev–Trinajstić information content (AvgIpc) is 3.50. The molecule has 0 spiro atoms. The number of carbonyl (C=O) groups is 1. The van der Waals surface area contributed by atoms with E-state index in [2.05, 4.69) is 38.1 Å². The molecule has 0 bridgehead atoms. The highest BCUT2D eigenvalue weighted by molar-refractivity contribution is 5.96. The van der Waals surface area contributed by atoms with Crippen LogP contribution in [0.1, 0.15) is 89.7 Å². The molecule has 4 rings (SSSR count). The quantitative estimate of drug-likeness (QED) is 0.535. The standard InChI is InChI=1S/C26H28O4/c1-5-6-18-24(27)23-21(12-11-17(26(28)29)22(23)14(2)3)30-25(18)20-13-19(20)16-9-7-15(4)8-10-16/h7-12,14,19-20H,5-6,13H2,1-4H3,(H,28,29). The van der Waals surface area contributed by atoms with Crippen molar-refractivity contribution in [1.82, 2.24) is 0 Å². The van der Waals surface area contributed by atoms with E-state index >= 15 is 0 Å². The molecule has 156 valence electrons. The van der Waals surface area contributed by atoms with Gasteiger partial charge < -0.3 is 9.52 Å². The molecule has 0 saturated heterocycles. The fourth-order valence-corrected chi connectivity index (χ4v) is 4.60. The Morgan fingerprint density at radius 1 is 1.13 bits per heavy atom. The fraction of sp³-hybridized carbons (Fsp3) is 0.385. The molecule has 1 saturated carbocycles. The van der Waals surface area contributed by atoms with E-state index in [0.29, 0.717) is 34.4 Å². The Morgan fingerprint density at radius 3 is 2.43 bits per heavy atom. The van der Waals surface area contributed by atoms with Gasteiger partial charge in [-0.15, -0.1) is 0 Å². The molecule has 4 nitrogen and oxygen atoms in total. The van der Waals surface area contributed by atoms with E-state index in [1.54, 1.807) is 12.1 Å². The summed E-state index contributed by atoms with van der Waals surface area (Å²) in [6.07, 6.45) is 2.44. The Kier molecular flexibility index (Phi) is 5.27. The lowest BCUT2D eigenvalue weighted by molar-refractivity contribution is 0.0695. The highest BCUT2D eigenvalue weighted by atomic mass is 16.4. The zero-order chi connectivity index (χ0) is 21.6. The summed E-state index contributed by atoms with van der Waals surface area (Å²) in [7, 11) is 0. The van der Waals surface area contributed by atoms with Crippen molar-refractivity contribution in [1.29, 1.82) is 0 Å². The molecule has 1 heterocycles. The van der Waals surface area contributed by atoms with E-state index in [4.69, 9.17) is 4.42 Å². The van der Waals surface area contributed by atoms with Gasteiger partial charge in [-0.1, -0.05) is 57.0 Å². The van der Waals surface area contributed by atoms with E-state index in [9.17, 15) is 14.7 Å². The Balaban J connectivity index is 1.89. The van der Waals surface area contributed by atoms with Crippen molar-refractivity contribution in [2.75, 3.05) is 0 Å². The molecule has 1 aromatic heterocycles. The van der Waals surface area contributed by atoms with Crippen LogP contribution in [0.15, 0.2) is 45.6 Å². The second-order valence-corrected chi connectivity index (χ2v) is 8.74. The van der Waals surface area contributed by atoms with Gasteiger partial charge in [-0.25, -0.2) is 4.79 Å². The topological polar surface area (TPSA) is 67.5 Å². The van der Waals surface area contributed by atoms with Gasteiger partial charge in [-0.05, 0) is 54.9 Å². The van der Waals surface area contributed by atoms with Gasteiger partial charge in [0.15, 0.2) is 5.43 Å². The number of aromatic carboxylic acids is 1. The van der Waals surface area contributed by atoms with E-state index in [1.807, 2.05) is 13.8 Å². The molecule has 1 fully saturated rings. The highest BCUT2D eigenvalue weighted by Crippen LogP contribution is 2.55. The number of hydrogen-bond acceptors (Lipinski definition) is 3. The number of carboxylic acid groups (broad SMARTS) is 1. The zero-order valence-electron chi connectivity index (χ0n) is 18.0. The second-order valence-electron chi connectivity index (χ2n) is 8.74. The molecule has 1 aliphatic rings. The first kappa shape index (κ1) is 20.4. The van der Waals surface area contributed by atoms with Crippen molar-refractivity contribution in [3.63, 3.8) is 0 Å². The molecule has 0 amide bonds. The molecule has 1 N–H and O–H groups in total. The Hall–Kier alpha value is -2.88. The summed E-state index contributed by atoms with van der Waals surface area (Å²) in [5, 5.41) is 10.1. The smallest absolute Gasteiger partial charge is 0.336 e. The summed E-state index contributed by atoms with van der Waals surface area (Å²) in [4.78, 5) is 25.4. The number of aryl methyl sites for hydroxylation is 1. The highest BCUT2D eigenvalue weighted by Gasteiger charge is 2.43. The monoisotopic (exact) mass is 404 g/mol. The first-order valence-corrected chi connectivity index (χ1v) is 10.8. The molecular formula is C26H28O4. The summed E-state index contributed by atoms with van der Waals surface area (Å²) < 4.78 is 6.36.